The Kier molecular flexibility index (Phi) is 5.38. The number of morpholine rings is 1. The van der Waals surface area contributed by atoms with E-state index in [2.05, 4.69) is 15.7 Å². The molecule has 2 N–H and O–H groups in total. The monoisotopic (exact) mass is 324 g/mol. The second kappa shape index (κ2) is 7.10. The van der Waals surface area contributed by atoms with E-state index >= 15 is 0 Å². The molecule has 0 radical (unpaired) electrons. The molecule has 8 nitrogen and oxygen atoms in total. The fourth-order valence-electron chi connectivity index (χ4n) is 2.34. The van der Waals surface area contributed by atoms with Gasteiger partial charge in [-0.1, -0.05) is 0 Å². The quantitative estimate of drug-likeness (QED) is 0.766. The van der Waals surface area contributed by atoms with E-state index in [1.54, 1.807) is 27.0 Å². The lowest BCUT2D eigenvalue weighted by molar-refractivity contribution is -0.152. The summed E-state index contributed by atoms with van der Waals surface area (Å²) in [6.45, 7) is 8.56. The highest BCUT2D eigenvalue weighted by Gasteiger charge is 2.33. The molecule has 1 amide bonds. The summed E-state index contributed by atoms with van der Waals surface area (Å²) in [6.07, 6.45) is 2.92. The molecular formula is C15H24N4O4. The van der Waals surface area contributed by atoms with Gasteiger partial charge in [-0.05, 0) is 27.7 Å². The number of aromatic nitrogens is 2. The van der Waals surface area contributed by atoms with Gasteiger partial charge in [0.15, 0.2) is 5.54 Å². The molecule has 8 heteroatoms. The number of carbonyl (C=O) groups is 2. The van der Waals surface area contributed by atoms with Crippen molar-refractivity contribution in [3.63, 3.8) is 0 Å². The Morgan fingerprint density at radius 1 is 1.57 bits per heavy atom. The third-order valence-electron chi connectivity index (χ3n) is 3.80. The van der Waals surface area contributed by atoms with Gasteiger partial charge < -0.3 is 20.1 Å². The van der Waals surface area contributed by atoms with Crippen LogP contribution in [0.4, 0.5) is 5.69 Å². The molecule has 0 unspecified atom stereocenters. The van der Waals surface area contributed by atoms with Crippen molar-refractivity contribution in [1.82, 2.24) is 15.1 Å². The number of anilines is 1. The van der Waals surface area contributed by atoms with Crippen LogP contribution in [0.5, 0.6) is 0 Å². The van der Waals surface area contributed by atoms with Gasteiger partial charge in [0, 0.05) is 12.7 Å². The molecule has 1 fully saturated rings. The van der Waals surface area contributed by atoms with Gasteiger partial charge in [-0.3, -0.25) is 9.48 Å². The highest BCUT2D eigenvalue weighted by atomic mass is 16.5. The van der Waals surface area contributed by atoms with E-state index in [-0.39, 0.29) is 18.0 Å². The van der Waals surface area contributed by atoms with Gasteiger partial charge in [-0.2, -0.15) is 5.10 Å². The number of nitrogens with one attached hydrogen (secondary N) is 2. The smallest absolute Gasteiger partial charge is 0.333 e. The lowest BCUT2D eigenvalue weighted by Gasteiger charge is -2.29. The van der Waals surface area contributed by atoms with E-state index in [4.69, 9.17) is 9.47 Å². The molecule has 2 rings (SSSR count). The van der Waals surface area contributed by atoms with E-state index in [0.29, 0.717) is 25.4 Å². The number of nitrogens with zero attached hydrogens (tertiary/aromatic N) is 2. The van der Waals surface area contributed by atoms with Crippen molar-refractivity contribution in [1.29, 1.82) is 0 Å². The maximum atomic E-state index is 12.3. The number of ether oxygens (including phenoxy) is 2. The van der Waals surface area contributed by atoms with Gasteiger partial charge >= 0.3 is 5.97 Å². The summed E-state index contributed by atoms with van der Waals surface area (Å²) in [6, 6.07) is -0.412. The van der Waals surface area contributed by atoms with Crippen molar-refractivity contribution in [2.45, 2.75) is 45.4 Å². The first-order valence-electron chi connectivity index (χ1n) is 7.74. The lowest BCUT2D eigenvalue weighted by atomic mass is 10.1. The second-order valence-corrected chi connectivity index (χ2v) is 5.95. The minimum atomic E-state index is -0.946. The van der Waals surface area contributed by atoms with E-state index in [0.717, 1.165) is 0 Å². The normalized spacial score (nSPS) is 21.7. The first-order chi connectivity index (χ1) is 10.9. The minimum absolute atomic E-state index is 0.189. The van der Waals surface area contributed by atoms with Crippen LogP contribution in [-0.2, 0) is 24.6 Å². The first kappa shape index (κ1) is 17.4. The summed E-state index contributed by atoms with van der Waals surface area (Å²) in [7, 11) is 0. The fraction of sp³-hybridized carbons (Fsp3) is 0.667. The third kappa shape index (κ3) is 3.89. The molecule has 0 aromatic carbocycles. The van der Waals surface area contributed by atoms with Gasteiger partial charge in [-0.25, -0.2) is 4.79 Å². The van der Waals surface area contributed by atoms with Gasteiger partial charge in [0.1, 0.15) is 6.04 Å². The fourth-order valence-corrected chi connectivity index (χ4v) is 2.34. The number of carbonyl (C=O) groups excluding carboxylic acids is 2. The standard InChI is InChI=1S/C15H24N4O4/c1-5-22-14(21)15(3,4)19-9-11(8-17-19)18-13(20)12-10(2)23-7-6-16-12/h8-10,12,16H,5-7H2,1-4H3,(H,18,20)/t10-,12+/m1/s1. The lowest BCUT2D eigenvalue weighted by Crippen LogP contribution is -2.53. The summed E-state index contributed by atoms with van der Waals surface area (Å²) < 4.78 is 12.0. The van der Waals surface area contributed by atoms with Crippen molar-refractivity contribution in [2.75, 3.05) is 25.1 Å². The third-order valence-corrected chi connectivity index (χ3v) is 3.80. The minimum Gasteiger partial charge on any atom is -0.464 e. The molecular weight excluding hydrogens is 300 g/mol. The van der Waals surface area contributed by atoms with Gasteiger partial charge in [0.2, 0.25) is 5.91 Å². The van der Waals surface area contributed by atoms with Crippen LogP contribution in [0, 0.1) is 0 Å². The molecule has 0 spiro atoms. The number of hydrogen-bond acceptors (Lipinski definition) is 6. The molecule has 1 aliphatic heterocycles. The Balaban J connectivity index is 2.04. The second-order valence-electron chi connectivity index (χ2n) is 5.95. The molecule has 2 heterocycles. The van der Waals surface area contributed by atoms with Crippen LogP contribution in [0.2, 0.25) is 0 Å². The highest BCUT2D eigenvalue weighted by molar-refractivity contribution is 5.95. The predicted molar refractivity (Wildman–Crippen MR) is 84.0 cm³/mol. The number of hydrogen-bond donors (Lipinski definition) is 2. The van der Waals surface area contributed by atoms with Gasteiger partial charge in [0.25, 0.3) is 0 Å². The Bertz CT molecular complexity index is 570. The van der Waals surface area contributed by atoms with Crippen molar-refractivity contribution >= 4 is 17.6 Å². The summed E-state index contributed by atoms with van der Waals surface area (Å²) in [5.74, 6) is -0.567. The van der Waals surface area contributed by atoms with E-state index in [1.165, 1.54) is 10.9 Å². The van der Waals surface area contributed by atoms with Crippen LogP contribution in [-0.4, -0.2) is 53.6 Å². The highest BCUT2D eigenvalue weighted by Crippen LogP contribution is 2.19. The molecule has 0 aliphatic carbocycles. The average molecular weight is 324 g/mol. The molecule has 1 saturated heterocycles. The molecule has 1 aliphatic rings. The largest absolute Gasteiger partial charge is 0.464 e. The van der Waals surface area contributed by atoms with Crippen LogP contribution in [0.1, 0.15) is 27.7 Å². The van der Waals surface area contributed by atoms with Crippen LogP contribution < -0.4 is 10.6 Å². The zero-order valence-corrected chi connectivity index (χ0v) is 14.0. The summed E-state index contributed by atoms with van der Waals surface area (Å²) >= 11 is 0. The molecule has 0 saturated carbocycles. The van der Waals surface area contributed by atoms with Crippen LogP contribution in [0.15, 0.2) is 12.4 Å². The van der Waals surface area contributed by atoms with Crippen molar-refractivity contribution in [3.05, 3.63) is 12.4 Å². The Labute approximate surface area is 135 Å². The summed E-state index contributed by atoms with van der Waals surface area (Å²) in [5, 5.41) is 10.1. The molecule has 2 atom stereocenters. The molecule has 1 aromatic heterocycles. The average Bonchev–Trinajstić information content (AvgIpc) is 2.97. The van der Waals surface area contributed by atoms with Crippen molar-refractivity contribution in [2.24, 2.45) is 0 Å². The first-order valence-corrected chi connectivity index (χ1v) is 7.74. The van der Waals surface area contributed by atoms with Gasteiger partial charge in [0.05, 0.1) is 31.2 Å². The van der Waals surface area contributed by atoms with E-state index in [9.17, 15) is 9.59 Å². The van der Waals surface area contributed by atoms with E-state index in [1.807, 2.05) is 6.92 Å². The maximum Gasteiger partial charge on any atom is 0.333 e. The molecule has 0 bridgehead atoms. The Morgan fingerprint density at radius 3 is 2.96 bits per heavy atom. The Morgan fingerprint density at radius 2 is 2.30 bits per heavy atom. The predicted octanol–water partition coefficient (Wildman–Crippen LogP) is 0.497. The number of esters is 1. The number of amides is 1. The van der Waals surface area contributed by atoms with Crippen molar-refractivity contribution in [3.8, 4) is 0 Å². The Hall–Kier alpha value is -1.93. The van der Waals surface area contributed by atoms with Gasteiger partial charge in [-0.15, -0.1) is 0 Å². The van der Waals surface area contributed by atoms with E-state index < -0.39 is 11.6 Å². The molecule has 23 heavy (non-hydrogen) atoms. The zero-order valence-electron chi connectivity index (χ0n) is 14.0. The maximum absolute atomic E-state index is 12.3. The van der Waals surface area contributed by atoms with Crippen LogP contribution in [0.25, 0.3) is 0 Å². The molecule has 128 valence electrons. The van der Waals surface area contributed by atoms with Crippen molar-refractivity contribution < 1.29 is 19.1 Å². The number of rotatable bonds is 5. The SMILES string of the molecule is CCOC(=O)C(C)(C)n1cc(NC(=O)[C@H]2NCCO[C@@H]2C)cn1. The van der Waals surface area contributed by atoms with Crippen LogP contribution >= 0.6 is 0 Å². The molecule has 1 aromatic rings. The van der Waals surface area contributed by atoms with Crippen LogP contribution in [0.3, 0.4) is 0 Å². The summed E-state index contributed by atoms with van der Waals surface area (Å²) in [4.78, 5) is 24.3. The summed E-state index contributed by atoms with van der Waals surface area (Å²) in [5.41, 5.74) is -0.426. The topological polar surface area (TPSA) is 94.5 Å². The zero-order chi connectivity index (χ0) is 17.0.